The average Bonchev–Trinajstić information content (AvgIpc) is 3.41. The summed E-state index contributed by atoms with van der Waals surface area (Å²) in [4.78, 5) is 34.9. The van der Waals surface area contributed by atoms with Crippen molar-refractivity contribution >= 4 is 18.0 Å². The molecule has 2 aromatic carbocycles. The van der Waals surface area contributed by atoms with E-state index in [9.17, 15) is 19.5 Å². The number of aliphatic hydroxyl groups excluding tert-OH is 1. The summed E-state index contributed by atoms with van der Waals surface area (Å²) in [6.45, 7) is -0.302. The molecule has 1 aromatic heterocycles. The number of nitrogens with one attached hydrogen (secondary N) is 2. The Morgan fingerprint density at radius 2 is 1.69 bits per heavy atom. The summed E-state index contributed by atoms with van der Waals surface area (Å²) in [7, 11) is 0. The standard InChI is InChI=1S/C24H25N5O6/c30-16(9-22(31)25-10-15-12-29(28-27-15)13-23(32)33)11-26-24(34)35-14-21-19-7-3-1-5-17(19)18-6-2-4-8-20(18)21/h1-8,12,16,21,30H,9-11,13-14H2,(H,25,31)(H,26,34)(H,32,33). The van der Waals surface area contributed by atoms with Gasteiger partial charge in [-0.15, -0.1) is 5.10 Å². The summed E-state index contributed by atoms with van der Waals surface area (Å²) in [5.41, 5.74) is 4.83. The molecule has 4 rings (SSSR count). The summed E-state index contributed by atoms with van der Waals surface area (Å²) in [5, 5.41) is 31.2. The number of benzene rings is 2. The maximum Gasteiger partial charge on any atom is 0.407 e. The number of rotatable bonds is 10. The number of ether oxygens (including phenoxy) is 1. The minimum atomic E-state index is -1.11. The molecule has 0 saturated heterocycles. The second kappa shape index (κ2) is 10.8. The van der Waals surface area contributed by atoms with E-state index >= 15 is 0 Å². The molecular weight excluding hydrogens is 454 g/mol. The molecule has 0 bridgehead atoms. The van der Waals surface area contributed by atoms with Crippen molar-refractivity contribution < 1.29 is 29.3 Å². The second-order valence-corrected chi connectivity index (χ2v) is 8.14. The predicted molar refractivity (Wildman–Crippen MR) is 123 cm³/mol. The molecule has 1 aliphatic carbocycles. The van der Waals surface area contributed by atoms with Crippen LogP contribution in [-0.2, 0) is 27.4 Å². The Morgan fingerprint density at radius 3 is 2.34 bits per heavy atom. The number of carbonyl (C=O) groups excluding carboxylic acids is 2. The topological polar surface area (TPSA) is 156 Å². The number of aliphatic hydroxyl groups is 1. The van der Waals surface area contributed by atoms with Crippen LogP contribution >= 0.6 is 0 Å². The molecule has 4 N–H and O–H groups in total. The number of hydrogen-bond donors (Lipinski definition) is 4. The Morgan fingerprint density at radius 1 is 1.03 bits per heavy atom. The number of aliphatic carboxylic acids is 1. The van der Waals surface area contributed by atoms with Gasteiger partial charge in [0.1, 0.15) is 18.8 Å². The van der Waals surface area contributed by atoms with E-state index in [1.165, 1.54) is 6.20 Å². The molecule has 11 heteroatoms. The number of hydrogen-bond acceptors (Lipinski definition) is 7. The first-order valence-corrected chi connectivity index (χ1v) is 11.0. The van der Waals surface area contributed by atoms with E-state index < -0.39 is 24.1 Å². The van der Waals surface area contributed by atoms with E-state index in [-0.39, 0.29) is 38.6 Å². The monoisotopic (exact) mass is 479 g/mol. The van der Waals surface area contributed by atoms with Crippen molar-refractivity contribution in [2.24, 2.45) is 0 Å². The maximum absolute atomic E-state index is 12.2. The minimum absolute atomic E-state index is 0.0327. The number of carboxylic acid groups (broad SMARTS) is 1. The smallest absolute Gasteiger partial charge is 0.407 e. The van der Waals surface area contributed by atoms with Crippen molar-refractivity contribution in [3.05, 3.63) is 71.5 Å². The first-order chi connectivity index (χ1) is 16.9. The molecule has 1 heterocycles. The molecule has 1 aliphatic rings. The Balaban J connectivity index is 1.19. The van der Waals surface area contributed by atoms with Crippen molar-refractivity contribution in [3.63, 3.8) is 0 Å². The number of carbonyl (C=O) groups is 3. The van der Waals surface area contributed by atoms with E-state index in [4.69, 9.17) is 9.84 Å². The number of aromatic nitrogens is 3. The van der Waals surface area contributed by atoms with Crippen LogP contribution in [0.2, 0.25) is 0 Å². The fourth-order valence-corrected chi connectivity index (χ4v) is 4.03. The predicted octanol–water partition coefficient (Wildman–Crippen LogP) is 1.27. The highest BCUT2D eigenvalue weighted by Crippen LogP contribution is 2.44. The van der Waals surface area contributed by atoms with E-state index in [0.717, 1.165) is 26.9 Å². The third-order valence-corrected chi connectivity index (χ3v) is 5.60. The van der Waals surface area contributed by atoms with Gasteiger partial charge in [-0.25, -0.2) is 9.48 Å². The van der Waals surface area contributed by atoms with Gasteiger partial charge < -0.3 is 25.6 Å². The molecule has 3 aromatic rings. The van der Waals surface area contributed by atoms with Crippen LogP contribution in [0.5, 0.6) is 0 Å². The fraction of sp³-hybridized carbons (Fsp3) is 0.292. The van der Waals surface area contributed by atoms with Gasteiger partial charge in [0.15, 0.2) is 0 Å². The third-order valence-electron chi connectivity index (χ3n) is 5.60. The van der Waals surface area contributed by atoms with Gasteiger partial charge in [0.25, 0.3) is 0 Å². The van der Waals surface area contributed by atoms with E-state index in [2.05, 4.69) is 20.9 Å². The molecular formula is C24H25N5O6. The quantitative estimate of drug-likeness (QED) is 0.339. The van der Waals surface area contributed by atoms with Crippen LogP contribution < -0.4 is 10.6 Å². The van der Waals surface area contributed by atoms with Crippen LogP contribution in [0.4, 0.5) is 4.79 Å². The molecule has 0 saturated carbocycles. The van der Waals surface area contributed by atoms with Gasteiger partial charge in [-0.05, 0) is 22.3 Å². The normalized spacial score (nSPS) is 12.9. The lowest BCUT2D eigenvalue weighted by atomic mass is 9.98. The molecule has 0 radical (unpaired) electrons. The van der Waals surface area contributed by atoms with Crippen molar-refractivity contribution in [1.82, 2.24) is 25.6 Å². The second-order valence-electron chi connectivity index (χ2n) is 8.14. The highest BCUT2D eigenvalue weighted by atomic mass is 16.5. The molecule has 1 unspecified atom stereocenters. The molecule has 0 aliphatic heterocycles. The Labute approximate surface area is 200 Å². The van der Waals surface area contributed by atoms with Gasteiger partial charge >= 0.3 is 12.1 Å². The van der Waals surface area contributed by atoms with Crippen LogP contribution in [0, 0.1) is 0 Å². The molecule has 182 valence electrons. The summed E-state index contributed by atoms with van der Waals surface area (Å²) < 4.78 is 6.55. The van der Waals surface area contributed by atoms with Crippen LogP contribution in [0.1, 0.15) is 29.2 Å². The van der Waals surface area contributed by atoms with Crippen LogP contribution in [0.25, 0.3) is 11.1 Å². The number of amides is 2. The number of carboxylic acids is 1. The molecule has 0 spiro atoms. The Kier molecular flexibility index (Phi) is 7.36. The lowest BCUT2D eigenvalue weighted by molar-refractivity contribution is -0.138. The van der Waals surface area contributed by atoms with Crippen molar-refractivity contribution in [2.45, 2.75) is 31.5 Å². The van der Waals surface area contributed by atoms with Gasteiger partial charge in [0.2, 0.25) is 5.91 Å². The number of alkyl carbamates (subject to hydrolysis) is 1. The highest BCUT2D eigenvalue weighted by molar-refractivity contribution is 5.79. The van der Waals surface area contributed by atoms with Crippen LogP contribution in [0.3, 0.4) is 0 Å². The number of fused-ring (bicyclic) bond motifs is 3. The Bertz CT molecular complexity index is 1180. The zero-order valence-electron chi connectivity index (χ0n) is 18.8. The van der Waals surface area contributed by atoms with E-state index in [0.29, 0.717) is 5.69 Å². The van der Waals surface area contributed by atoms with Gasteiger partial charge in [-0.2, -0.15) is 0 Å². The summed E-state index contributed by atoms with van der Waals surface area (Å²) in [5.74, 6) is -1.59. The average molecular weight is 479 g/mol. The van der Waals surface area contributed by atoms with Crippen molar-refractivity contribution in [2.75, 3.05) is 13.2 Å². The molecule has 1 atom stereocenters. The lowest BCUT2D eigenvalue weighted by Gasteiger charge is -2.16. The molecule has 0 fully saturated rings. The highest BCUT2D eigenvalue weighted by Gasteiger charge is 2.29. The van der Waals surface area contributed by atoms with Gasteiger partial charge in [0, 0.05) is 12.5 Å². The SMILES string of the molecule is O=C(O)Cn1cc(CNC(=O)CC(O)CNC(=O)OCC2c3ccccc3-c3ccccc32)nn1. The minimum Gasteiger partial charge on any atom is -0.480 e. The third kappa shape index (κ3) is 6.01. The van der Waals surface area contributed by atoms with Crippen molar-refractivity contribution in [3.8, 4) is 11.1 Å². The number of nitrogens with zero attached hydrogens (tertiary/aromatic N) is 3. The lowest BCUT2D eigenvalue weighted by Crippen LogP contribution is -2.36. The fourth-order valence-electron chi connectivity index (χ4n) is 4.03. The zero-order chi connectivity index (χ0) is 24.8. The largest absolute Gasteiger partial charge is 0.480 e. The summed E-state index contributed by atoms with van der Waals surface area (Å²) >= 11 is 0. The van der Waals surface area contributed by atoms with E-state index in [1.807, 2.05) is 48.5 Å². The molecule has 35 heavy (non-hydrogen) atoms. The molecule has 2 amide bonds. The molecule has 11 nitrogen and oxygen atoms in total. The van der Waals surface area contributed by atoms with Crippen molar-refractivity contribution in [1.29, 1.82) is 0 Å². The summed E-state index contributed by atoms with van der Waals surface area (Å²) in [6.07, 6.45) is -0.629. The maximum atomic E-state index is 12.2. The van der Waals surface area contributed by atoms with Crippen LogP contribution in [-0.4, -0.2) is 62.4 Å². The van der Waals surface area contributed by atoms with Gasteiger partial charge in [-0.1, -0.05) is 53.7 Å². The summed E-state index contributed by atoms with van der Waals surface area (Å²) in [6, 6.07) is 16.0. The van der Waals surface area contributed by atoms with Crippen LogP contribution in [0.15, 0.2) is 54.7 Å². The van der Waals surface area contributed by atoms with Gasteiger partial charge in [0.05, 0.1) is 25.3 Å². The van der Waals surface area contributed by atoms with Gasteiger partial charge in [-0.3, -0.25) is 9.59 Å². The first-order valence-electron chi connectivity index (χ1n) is 11.0. The first kappa shape index (κ1) is 23.9. The Hall–Kier alpha value is -4.25. The van der Waals surface area contributed by atoms with E-state index in [1.54, 1.807) is 0 Å². The zero-order valence-corrected chi connectivity index (χ0v) is 18.8.